The van der Waals surface area contributed by atoms with E-state index in [0.717, 1.165) is 17.9 Å². The van der Waals surface area contributed by atoms with E-state index < -0.39 is 0 Å². The van der Waals surface area contributed by atoms with Gasteiger partial charge in [-0.25, -0.2) is 0 Å². The smallest absolute Gasteiger partial charge is 0.114 e. The van der Waals surface area contributed by atoms with Crippen molar-refractivity contribution in [2.45, 2.75) is 78.0 Å². The molecule has 1 fully saturated rings. The first-order valence-electron chi connectivity index (χ1n) is 8.60. The second-order valence-corrected chi connectivity index (χ2v) is 6.75. The molecule has 0 aromatic rings. The van der Waals surface area contributed by atoms with Crippen LogP contribution in [0.5, 0.6) is 0 Å². The SMILES string of the molecule is C=C(/C=C\C)CC(OC)N(CC1CC1)C(C)(CC)CCC. The maximum Gasteiger partial charge on any atom is 0.114 e. The fraction of sp³-hybridized carbons (Fsp3) is 0.789. The first-order valence-corrected chi connectivity index (χ1v) is 8.60. The van der Waals surface area contributed by atoms with Crippen molar-refractivity contribution in [3.05, 3.63) is 24.3 Å². The van der Waals surface area contributed by atoms with E-state index in [0.29, 0.717) is 0 Å². The van der Waals surface area contributed by atoms with Crippen molar-refractivity contribution in [3.8, 4) is 0 Å². The lowest BCUT2D eigenvalue weighted by Gasteiger charge is -2.45. The average Bonchev–Trinajstić information content (AvgIpc) is 3.27. The van der Waals surface area contributed by atoms with Crippen molar-refractivity contribution < 1.29 is 4.74 Å². The minimum absolute atomic E-state index is 0.144. The van der Waals surface area contributed by atoms with Crippen LogP contribution in [0.4, 0.5) is 0 Å². The molecule has 0 N–H and O–H groups in total. The summed E-state index contributed by atoms with van der Waals surface area (Å²) in [5.74, 6) is 0.875. The molecule has 0 saturated heterocycles. The molecule has 1 saturated carbocycles. The van der Waals surface area contributed by atoms with Crippen LogP contribution < -0.4 is 0 Å². The monoisotopic (exact) mass is 293 g/mol. The molecule has 0 heterocycles. The number of methoxy groups -OCH3 is 1. The van der Waals surface area contributed by atoms with Gasteiger partial charge >= 0.3 is 0 Å². The molecule has 21 heavy (non-hydrogen) atoms. The van der Waals surface area contributed by atoms with Gasteiger partial charge in [0.05, 0.1) is 0 Å². The molecule has 0 aromatic heterocycles. The number of ether oxygens (including phenoxy) is 1. The second-order valence-electron chi connectivity index (χ2n) is 6.75. The zero-order chi connectivity index (χ0) is 15.9. The van der Waals surface area contributed by atoms with Crippen LogP contribution in [0, 0.1) is 5.92 Å². The van der Waals surface area contributed by atoms with Gasteiger partial charge in [-0.2, -0.15) is 0 Å². The van der Waals surface area contributed by atoms with Crippen LogP contribution in [0.2, 0.25) is 0 Å². The van der Waals surface area contributed by atoms with Crippen molar-refractivity contribution in [1.29, 1.82) is 0 Å². The van der Waals surface area contributed by atoms with Gasteiger partial charge in [-0.3, -0.25) is 4.90 Å². The molecule has 0 aromatic carbocycles. The largest absolute Gasteiger partial charge is 0.366 e. The highest BCUT2D eigenvalue weighted by Crippen LogP contribution is 2.36. The van der Waals surface area contributed by atoms with Crippen molar-refractivity contribution in [2.24, 2.45) is 5.92 Å². The molecule has 2 atom stereocenters. The minimum Gasteiger partial charge on any atom is -0.366 e. The zero-order valence-electron chi connectivity index (χ0n) is 14.8. The third-order valence-electron chi connectivity index (χ3n) is 4.85. The highest BCUT2D eigenvalue weighted by molar-refractivity contribution is 5.14. The maximum atomic E-state index is 5.88. The van der Waals surface area contributed by atoms with Gasteiger partial charge in [0.25, 0.3) is 0 Å². The van der Waals surface area contributed by atoms with Crippen LogP contribution in [0.25, 0.3) is 0 Å². The molecule has 2 unspecified atom stereocenters. The lowest BCUT2D eigenvalue weighted by molar-refractivity contribution is -0.0927. The lowest BCUT2D eigenvalue weighted by atomic mass is 9.89. The summed E-state index contributed by atoms with van der Waals surface area (Å²) in [5.41, 5.74) is 1.38. The minimum atomic E-state index is 0.144. The summed E-state index contributed by atoms with van der Waals surface area (Å²) < 4.78 is 5.88. The summed E-state index contributed by atoms with van der Waals surface area (Å²) in [6.07, 6.45) is 11.6. The van der Waals surface area contributed by atoms with Crippen LogP contribution in [0.1, 0.15) is 66.2 Å². The van der Waals surface area contributed by atoms with Crippen molar-refractivity contribution in [1.82, 2.24) is 4.90 Å². The first kappa shape index (κ1) is 18.4. The molecule has 0 aliphatic heterocycles. The second kappa shape index (κ2) is 8.75. The average molecular weight is 293 g/mol. The van der Waals surface area contributed by atoms with Gasteiger partial charge in [0.15, 0.2) is 0 Å². The topological polar surface area (TPSA) is 12.5 Å². The van der Waals surface area contributed by atoms with Crippen molar-refractivity contribution >= 4 is 0 Å². The van der Waals surface area contributed by atoms with Crippen LogP contribution in [0.3, 0.4) is 0 Å². The third-order valence-corrected chi connectivity index (χ3v) is 4.85. The van der Waals surface area contributed by atoms with Gasteiger partial charge in [-0.15, -0.1) is 0 Å². The lowest BCUT2D eigenvalue weighted by Crippen LogP contribution is -2.53. The molecule has 0 bridgehead atoms. The first-order chi connectivity index (χ1) is 10.0. The Hall–Kier alpha value is -0.600. The van der Waals surface area contributed by atoms with Crippen LogP contribution >= 0.6 is 0 Å². The molecule has 122 valence electrons. The molecule has 1 aliphatic rings. The van der Waals surface area contributed by atoms with E-state index in [2.05, 4.69) is 44.4 Å². The summed E-state index contributed by atoms with van der Waals surface area (Å²) in [6, 6.07) is 0. The van der Waals surface area contributed by atoms with Crippen molar-refractivity contribution in [2.75, 3.05) is 13.7 Å². The van der Waals surface area contributed by atoms with E-state index in [1.807, 2.05) is 14.0 Å². The van der Waals surface area contributed by atoms with E-state index in [1.165, 1.54) is 38.6 Å². The van der Waals surface area contributed by atoms with Crippen LogP contribution in [-0.4, -0.2) is 30.3 Å². The number of rotatable bonds is 11. The molecular formula is C19H35NO. The summed E-state index contributed by atoms with van der Waals surface area (Å²) >= 11 is 0. The zero-order valence-corrected chi connectivity index (χ0v) is 14.8. The highest BCUT2D eigenvalue weighted by Gasteiger charge is 2.38. The van der Waals surface area contributed by atoms with E-state index in [9.17, 15) is 0 Å². The molecule has 1 aliphatic carbocycles. The van der Waals surface area contributed by atoms with Crippen molar-refractivity contribution in [3.63, 3.8) is 0 Å². The summed E-state index contributed by atoms with van der Waals surface area (Å²) in [4.78, 5) is 2.63. The van der Waals surface area contributed by atoms with E-state index in [-0.39, 0.29) is 11.8 Å². The fourth-order valence-corrected chi connectivity index (χ4v) is 3.18. The molecule has 1 rings (SSSR count). The normalized spacial score (nSPS) is 19.9. The maximum absolute atomic E-state index is 5.88. The summed E-state index contributed by atoms with van der Waals surface area (Å²) in [7, 11) is 1.84. The number of allylic oxidation sites excluding steroid dienone is 2. The molecule has 0 amide bonds. The van der Waals surface area contributed by atoms with Gasteiger partial charge in [0, 0.05) is 25.6 Å². The quantitative estimate of drug-likeness (QED) is 0.385. The fourth-order valence-electron chi connectivity index (χ4n) is 3.18. The Morgan fingerprint density at radius 2 is 2.10 bits per heavy atom. The van der Waals surface area contributed by atoms with Gasteiger partial charge in [-0.1, -0.05) is 44.6 Å². The Balaban J connectivity index is 2.88. The Labute approximate surface area is 132 Å². The van der Waals surface area contributed by atoms with Gasteiger partial charge in [-0.05, 0) is 45.4 Å². The van der Waals surface area contributed by atoms with E-state index >= 15 is 0 Å². The van der Waals surface area contributed by atoms with Gasteiger partial charge in [0.2, 0.25) is 0 Å². The number of hydrogen-bond donors (Lipinski definition) is 0. The van der Waals surface area contributed by atoms with Gasteiger partial charge < -0.3 is 4.74 Å². The molecule has 0 spiro atoms. The van der Waals surface area contributed by atoms with Crippen LogP contribution in [-0.2, 0) is 4.74 Å². The predicted octanol–water partition coefficient (Wildman–Crippen LogP) is 5.16. The van der Waals surface area contributed by atoms with E-state index in [4.69, 9.17) is 4.74 Å². The highest BCUT2D eigenvalue weighted by atomic mass is 16.5. The Morgan fingerprint density at radius 1 is 1.43 bits per heavy atom. The Kier molecular flexibility index (Phi) is 7.69. The molecule has 0 radical (unpaired) electrons. The number of nitrogens with zero attached hydrogens (tertiary/aromatic N) is 1. The number of hydrogen-bond acceptors (Lipinski definition) is 2. The predicted molar refractivity (Wildman–Crippen MR) is 92.4 cm³/mol. The van der Waals surface area contributed by atoms with E-state index in [1.54, 1.807) is 0 Å². The standard InChI is InChI=1S/C19H35NO/c1-7-10-16(4)14-18(21-6)20(15-17-11-12-17)19(5,9-3)13-8-2/h7,10,17-18H,4,8-9,11-15H2,1-3,5-6H3/b10-7-. The summed E-state index contributed by atoms with van der Waals surface area (Å²) in [5, 5.41) is 0. The third kappa shape index (κ3) is 5.60. The molecular weight excluding hydrogens is 258 g/mol. The van der Waals surface area contributed by atoms with Gasteiger partial charge in [0.1, 0.15) is 6.23 Å². The molecule has 2 nitrogen and oxygen atoms in total. The summed E-state index contributed by atoms with van der Waals surface area (Å²) in [6.45, 7) is 14.4. The molecule has 2 heteroatoms. The van der Waals surface area contributed by atoms with Crippen LogP contribution in [0.15, 0.2) is 24.3 Å². The Morgan fingerprint density at radius 3 is 2.52 bits per heavy atom. The Bertz CT molecular complexity index is 345.